The van der Waals surface area contributed by atoms with E-state index in [2.05, 4.69) is 11.1 Å². The maximum atomic E-state index is 12.4. The van der Waals surface area contributed by atoms with Crippen LogP contribution in [0.1, 0.15) is 36.2 Å². The first-order valence-electron chi connectivity index (χ1n) is 7.24. The minimum atomic E-state index is -0.432. The lowest BCUT2D eigenvalue weighted by atomic mass is 9.87. The number of nitriles is 1. The monoisotopic (exact) mass is 280 g/mol. The van der Waals surface area contributed by atoms with Crippen LogP contribution < -0.4 is 0 Å². The average molecular weight is 280 g/mol. The Balaban J connectivity index is 1.86. The number of aromatic nitrogens is 1. The number of carbonyl (C=O) groups is 1. The molecule has 1 fully saturated rings. The average Bonchev–Trinajstić information content (AvgIpc) is 2.54. The first-order chi connectivity index (χ1) is 10.3. The van der Waals surface area contributed by atoms with Crippen LogP contribution in [-0.4, -0.2) is 17.1 Å². The van der Waals surface area contributed by atoms with Crippen molar-refractivity contribution in [2.45, 2.75) is 31.8 Å². The number of rotatable bonds is 2. The standard InChI is InChI=1S/C17H16N2O2/c18-11-13-6-2-4-8-15(13)21-17(20)16-14-7-3-1-5-12(14)9-10-19-16/h1,3,5,7,9-10,13,15H,2,4,6,8H2/t13-,15-/m0/s1. The maximum absolute atomic E-state index is 12.4. The Morgan fingerprint density at radius 1 is 1.24 bits per heavy atom. The zero-order valence-electron chi connectivity index (χ0n) is 11.7. The molecule has 21 heavy (non-hydrogen) atoms. The number of hydrogen-bond donors (Lipinski definition) is 0. The molecule has 106 valence electrons. The summed E-state index contributed by atoms with van der Waals surface area (Å²) in [4.78, 5) is 16.6. The molecule has 1 aromatic carbocycles. The first-order valence-corrected chi connectivity index (χ1v) is 7.24. The summed E-state index contributed by atoms with van der Waals surface area (Å²) >= 11 is 0. The third kappa shape index (κ3) is 2.73. The number of carbonyl (C=O) groups excluding carboxylic acids is 1. The molecular formula is C17H16N2O2. The van der Waals surface area contributed by atoms with E-state index in [-0.39, 0.29) is 12.0 Å². The Labute approximate surface area is 123 Å². The van der Waals surface area contributed by atoms with E-state index in [0.29, 0.717) is 5.69 Å². The number of benzene rings is 1. The molecule has 1 aliphatic carbocycles. The lowest BCUT2D eigenvalue weighted by Crippen LogP contribution is -2.29. The molecule has 0 saturated heterocycles. The van der Waals surface area contributed by atoms with Crippen molar-refractivity contribution in [3.63, 3.8) is 0 Å². The van der Waals surface area contributed by atoms with Gasteiger partial charge in [-0.25, -0.2) is 9.78 Å². The van der Waals surface area contributed by atoms with E-state index in [4.69, 9.17) is 10.00 Å². The van der Waals surface area contributed by atoms with Gasteiger partial charge in [-0.2, -0.15) is 5.26 Å². The van der Waals surface area contributed by atoms with Crippen LogP contribution in [0.4, 0.5) is 0 Å². The van der Waals surface area contributed by atoms with Crippen molar-refractivity contribution < 1.29 is 9.53 Å². The van der Waals surface area contributed by atoms with Crippen LogP contribution in [0.3, 0.4) is 0 Å². The van der Waals surface area contributed by atoms with Crippen molar-refractivity contribution >= 4 is 16.7 Å². The molecule has 0 unspecified atom stereocenters. The van der Waals surface area contributed by atoms with Crippen molar-refractivity contribution in [2.75, 3.05) is 0 Å². The highest BCUT2D eigenvalue weighted by atomic mass is 16.5. The molecule has 0 spiro atoms. The van der Waals surface area contributed by atoms with Gasteiger partial charge in [-0.05, 0) is 30.7 Å². The second-order valence-corrected chi connectivity index (χ2v) is 5.34. The van der Waals surface area contributed by atoms with E-state index in [0.717, 1.165) is 36.5 Å². The van der Waals surface area contributed by atoms with Gasteiger partial charge in [0.25, 0.3) is 0 Å². The maximum Gasteiger partial charge on any atom is 0.357 e. The van der Waals surface area contributed by atoms with Crippen LogP contribution in [0.15, 0.2) is 36.5 Å². The van der Waals surface area contributed by atoms with Crippen LogP contribution >= 0.6 is 0 Å². The molecule has 1 aliphatic rings. The fourth-order valence-corrected chi connectivity index (χ4v) is 2.86. The van der Waals surface area contributed by atoms with Gasteiger partial charge in [0.05, 0.1) is 12.0 Å². The Hall–Kier alpha value is -2.41. The number of hydrogen-bond acceptors (Lipinski definition) is 4. The quantitative estimate of drug-likeness (QED) is 0.790. The molecule has 0 amide bonds. The van der Waals surface area contributed by atoms with Crippen LogP contribution in [-0.2, 0) is 4.74 Å². The van der Waals surface area contributed by atoms with Crippen molar-refractivity contribution in [1.29, 1.82) is 5.26 Å². The first kappa shape index (κ1) is 13.6. The molecule has 0 N–H and O–H groups in total. The van der Waals surface area contributed by atoms with Crippen molar-refractivity contribution in [3.8, 4) is 6.07 Å². The van der Waals surface area contributed by atoms with E-state index in [1.54, 1.807) is 6.20 Å². The molecule has 2 aromatic rings. The van der Waals surface area contributed by atoms with Crippen molar-refractivity contribution in [1.82, 2.24) is 4.98 Å². The lowest BCUT2D eigenvalue weighted by molar-refractivity contribution is 0.0103. The highest BCUT2D eigenvalue weighted by molar-refractivity contribution is 6.02. The summed E-state index contributed by atoms with van der Waals surface area (Å²) in [6.07, 6.45) is 4.89. The van der Waals surface area contributed by atoms with E-state index >= 15 is 0 Å². The van der Waals surface area contributed by atoms with Crippen molar-refractivity contribution in [2.24, 2.45) is 5.92 Å². The Morgan fingerprint density at radius 3 is 2.90 bits per heavy atom. The summed E-state index contributed by atoms with van der Waals surface area (Å²) in [5.74, 6) is -0.628. The van der Waals surface area contributed by atoms with Crippen LogP contribution in [0.25, 0.3) is 10.8 Å². The molecule has 1 aromatic heterocycles. The van der Waals surface area contributed by atoms with E-state index in [9.17, 15) is 4.79 Å². The summed E-state index contributed by atoms with van der Waals surface area (Å²) in [6.45, 7) is 0. The molecular weight excluding hydrogens is 264 g/mol. The van der Waals surface area contributed by atoms with Gasteiger partial charge in [-0.1, -0.05) is 30.7 Å². The minimum absolute atomic E-state index is 0.197. The highest BCUT2D eigenvalue weighted by Gasteiger charge is 2.29. The topological polar surface area (TPSA) is 63.0 Å². The van der Waals surface area contributed by atoms with Gasteiger partial charge in [-0.15, -0.1) is 0 Å². The molecule has 2 atom stereocenters. The highest BCUT2D eigenvalue weighted by Crippen LogP contribution is 2.27. The van der Waals surface area contributed by atoms with Crippen molar-refractivity contribution in [3.05, 3.63) is 42.2 Å². The van der Waals surface area contributed by atoms with Gasteiger partial charge in [0.2, 0.25) is 0 Å². The second kappa shape index (κ2) is 5.92. The zero-order valence-corrected chi connectivity index (χ0v) is 11.7. The third-order valence-corrected chi connectivity index (χ3v) is 3.99. The fourth-order valence-electron chi connectivity index (χ4n) is 2.86. The minimum Gasteiger partial charge on any atom is -0.456 e. The molecule has 0 radical (unpaired) electrons. The molecule has 1 heterocycles. The van der Waals surface area contributed by atoms with E-state index < -0.39 is 5.97 Å². The van der Waals surface area contributed by atoms with Gasteiger partial charge in [0.15, 0.2) is 5.69 Å². The predicted molar refractivity (Wildman–Crippen MR) is 78.5 cm³/mol. The number of esters is 1. The lowest BCUT2D eigenvalue weighted by Gasteiger charge is -2.26. The Kier molecular flexibility index (Phi) is 3.83. The van der Waals surface area contributed by atoms with Crippen LogP contribution in [0.2, 0.25) is 0 Å². The zero-order chi connectivity index (χ0) is 14.7. The van der Waals surface area contributed by atoms with E-state index in [1.807, 2.05) is 30.3 Å². The molecule has 4 heteroatoms. The summed E-state index contributed by atoms with van der Waals surface area (Å²) < 4.78 is 5.57. The number of fused-ring (bicyclic) bond motifs is 1. The van der Waals surface area contributed by atoms with Gasteiger partial charge >= 0.3 is 5.97 Å². The van der Waals surface area contributed by atoms with Crippen LogP contribution in [0, 0.1) is 17.2 Å². The van der Waals surface area contributed by atoms with E-state index in [1.165, 1.54) is 0 Å². The summed E-state index contributed by atoms with van der Waals surface area (Å²) in [6, 6.07) is 11.7. The summed E-state index contributed by atoms with van der Waals surface area (Å²) in [5.41, 5.74) is 0.329. The summed E-state index contributed by atoms with van der Waals surface area (Å²) in [7, 11) is 0. The summed E-state index contributed by atoms with van der Waals surface area (Å²) in [5, 5.41) is 10.9. The fraction of sp³-hybridized carbons (Fsp3) is 0.353. The number of nitrogens with zero attached hydrogens (tertiary/aromatic N) is 2. The molecule has 3 rings (SSSR count). The largest absolute Gasteiger partial charge is 0.456 e. The number of ether oxygens (including phenoxy) is 1. The van der Waals surface area contributed by atoms with Gasteiger partial charge in [0, 0.05) is 11.6 Å². The van der Waals surface area contributed by atoms with Gasteiger partial charge in [-0.3, -0.25) is 0 Å². The second-order valence-electron chi connectivity index (χ2n) is 5.34. The number of pyridine rings is 1. The van der Waals surface area contributed by atoms with Gasteiger partial charge in [0.1, 0.15) is 6.10 Å². The Bertz CT molecular complexity index is 700. The third-order valence-electron chi connectivity index (χ3n) is 3.99. The van der Waals surface area contributed by atoms with Crippen LogP contribution in [0.5, 0.6) is 0 Å². The molecule has 4 nitrogen and oxygen atoms in total. The smallest absolute Gasteiger partial charge is 0.357 e. The molecule has 0 bridgehead atoms. The predicted octanol–water partition coefficient (Wildman–Crippen LogP) is 3.47. The SMILES string of the molecule is N#C[C@@H]1CCCC[C@@H]1OC(=O)c1nccc2ccccc12. The normalized spacial score (nSPS) is 21.7. The molecule has 1 saturated carbocycles. The molecule has 0 aliphatic heterocycles. The van der Waals surface area contributed by atoms with Gasteiger partial charge < -0.3 is 4.74 Å². The Morgan fingerprint density at radius 2 is 2.05 bits per heavy atom.